The first-order chi connectivity index (χ1) is 20.9. The molecule has 0 amide bonds. The van der Waals surface area contributed by atoms with Gasteiger partial charge in [-0.25, -0.2) is 13.8 Å². The second-order valence-electron chi connectivity index (χ2n) is 12.1. The number of carbonyl (C=O) groups excluding carboxylic acids is 1. The lowest BCUT2D eigenvalue weighted by atomic mass is 9.81. The minimum absolute atomic E-state index is 0.0437. The van der Waals surface area contributed by atoms with Crippen LogP contribution in [0.4, 0.5) is 22.0 Å². The van der Waals surface area contributed by atoms with Crippen LogP contribution in [0.1, 0.15) is 72.9 Å². The molecular formula is C33H32F5N3O4. The second-order valence-corrected chi connectivity index (χ2v) is 12.1. The minimum atomic E-state index is -4.57. The summed E-state index contributed by atoms with van der Waals surface area (Å²) in [7, 11) is 1.43. The van der Waals surface area contributed by atoms with Gasteiger partial charge in [0.25, 0.3) is 5.92 Å². The molecule has 1 aliphatic heterocycles. The van der Waals surface area contributed by atoms with Crippen molar-refractivity contribution >= 4 is 16.7 Å². The summed E-state index contributed by atoms with van der Waals surface area (Å²) in [5, 5.41) is 20.4. The molecule has 3 heterocycles. The summed E-state index contributed by atoms with van der Waals surface area (Å²) in [6, 6.07) is 10.4. The predicted octanol–water partition coefficient (Wildman–Crippen LogP) is 7.59. The van der Waals surface area contributed by atoms with E-state index in [2.05, 4.69) is 15.2 Å². The highest BCUT2D eigenvalue weighted by Crippen LogP contribution is 2.48. The fraction of sp³-hybridized carbons (Fsp3) is 0.394. The molecule has 0 saturated heterocycles. The molecule has 12 heteroatoms. The third-order valence-electron chi connectivity index (χ3n) is 8.18. The maximum Gasteiger partial charge on any atom is 0.416 e. The number of alkyl halides is 5. The SMILES string of the molecule is COc1cc(C(=O)CCCC(O)(c2cc3c(c(-c4ccc(C(F)(F)F)cc4)n2)OCC3(C)C)C(C)(F)F)cc2cc(C)nnc12. The highest BCUT2D eigenvalue weighted by atomic mass is 19.4. The average Bonchev–Trinajstić information content (AvgIpc) is 3.28. The lowest BCUT2D eigenvalue weighted by molar-refractivity contribution is -0.182. The maximum atomic E-state index is 15.3. The Morgan fingerprint density at radius 1 is 1.04 bits per heavy atom. The summed E-state index contributed by atoms with van der Waals surface area (Å²) in [6.07, 6.45) is -5.39. The summed E-state index contributed by atoms with van der Waals surface area (Å²) in [6.45, 7) is 6.15. The van der Waals surface area contributed by atoms with Gasteiger partial charge in [0.15, 0.2) is 11.4 Å². The molecule has 0 bridgehead atoms. The number of Topliss-reactive ketones (excluding diaryl/α,β-unsaturated/α-hetero) is 1. The van der Waals surface area contributed by atoms with E-state index in [4.69, 9.17) is 9.47 Å². The van der Waals surface area contributed by atoms with Crippen molar-refractivity contribution in [1.29, 1.82) is 0 Å². The number of aryl methyl sites for hydroxylation is 1. The molecule has 0 fully saturated rings. The Hall–Kier alpha value is -4.19. The molecule has 5 rings (SSSR count). The Labute approximate surface area is 256 Å². The molecule has 0 saturated carbocycles. The van der Waals surface area contributed by atoms with Crippen LogP contribution in [0.5, 0.6) is 11.5 Å². The maximum absolute atomic E-state index is 15.3. The molecule has 1 aliphatic rings. The number of rotatable bonds is 9. The Morgan fingerprint density at radius 2 is 1.73 bits per heavy atom. The summed E-state index contributed by atoms with van der Waals surface area (Å²) < 4.78 is 81.5. The number of fused-ring (bicyclic) bond motifs is 2. The minimum Gasteiger partial charge on any atom is -0.494 e. The van der Waals surface area contributed by atoms with E-state index >= 15 is 8.78 Å². The molecule has 4 aromatic rings. The standard InChI is InChI=1S/C33H32F5N3O4/c1-18-13-21-14-20(15-25(44-5)27(21)41-40-18)24(42)7-6-12-32(43,31(4,34)35)26-16-23-29(45-17-30(23,2)3)28(39-26)19-8-10-22(11-9-19)33(36,37)38/h8-11,13-16,43H,6-7,12,17H2,1-5H3. The first-order valence-corrected chi connectivity index (χ1v) is 14.3. The van der Waals surface area contributed by atoms with Gasteiger partial charge in [0.2, 0.25) is 0 Å². The van der Waals surface area contributed by atoms with E-state index in [0.29, 0.717) is 34.8 Å². The zero-order valence-corrected chi connectivity index (χ0v) is 25.4. The van der Waals surface area contributed by atoms with Crippen LogP contribution >= 0.6 is 0 Å². The number of hydrogen-bond donors (Lipinski definition) is 1. The molecule has 238 valence electrons. The lowest BCUT2D eigenvalue weighted by Gasteiger charge is -2.34. The van der Waals surface area contributed by atoms with Crippen molar-refractivity contribution in [2.24, 2.45) is 0 Å². The van der Waals surface area contributed by atoms with Gasteiger partial charge >= 0.3 is 6.18 Å². The fourth-order valence-corrected chi connectivity index (χ4v) is 5.50. The van der Waals surface area contributed by atoms with Crippen LogP contribution in [0.25, 0.3) is 22.2 Å². The number of hydrogen-bond acceptors (Lipinski definition) is 7. The smallest absolute Gasteiger partial charge is 0.416 e. The van der Waals surface area contributed by atoms with Gasteiger partial charge in [-0.1, -0.05) is 26.0 Å². The van der Waals surface area contributed by atoms with Gasteiger partial charge in [0, 0.05) is 40.8 Å². The quantitative estimate of drug-likeness (QED) is 0.151. The van der Waals surface area contributed by atoms with Crippen LogP contribution in [0, 0.1) is 6.92 Å². The van der Waals surface area contributed by atoms with Gasteiger partial charge in [0.1, 0.15) is 22.7 Å². The Morgan fingerprint density at radius 3 is 2.36 bits per heavy atom. The van der Waals surface area contributed by atoms with E-state index in [1.54, 1.807) is 19.1 Å². The van der Waals surface area contributed by atoms with E-state index in [1.807, 2.05) is 13.8 Å². The molecule has 0 radical (unpaired) electrons. The Balaban J connectivity index is 1.48. The average molecular weight is 630 g/mol. The number of halogens is 5. The molecule has 1 unspecified atom stereocenters. The highest BCUT2D eigenvalue weighted by Gasteiger charge is 2.52. The van der Waals surface area contributed by atoms with Crippen molar-refractivity contribution in [3.8, 4) is 22.8 Å². The summed E-state index contributed by atoms with van der Waals surface area (Å²) in [4.78, 5) is 17.6. The molecule has 0 spiro atoms. The normalized spacial score (nSPS) is 15.8. The van der Waals surface area contributed by atoms with E-state index < -0.39 is 35.1 Å². The third kappa shape index (κ3) is 6.07. The summed E-state index contributed by atoms with van der Waals surface area (Å²) >= 11 is 0. The number of ketones is 1. The van der Waals surface area contributed by atoms with Gasteiger partial charge in [-0.15, -0.1) is 5.10 Å². The van der Waals surface area contributed by atoms with Crippen molar-refractivity contribution in [2.45, 2.75) is 70.1 Å². The number of carbonyl (C=O) groups is 1. The first-order valence-electron chi connectivity index (χ1n) is 14.3. The van der Waals surface area contributed by atoms with E-state index in [0.717, 1.165) is 12.1 Å². The molecule has 1 N–H and O–H groups in total. The van der Waals surface area contributed by atoms with E-state index in [9.17, 15) is 23.1 Å². The molecule has 7 nitrogen and oxygen atoms in total. The predicted molar refractivity (Wildman–Crippen MR) is 157 cm³/mol. The van der Waals surface area contributed by atoms with Crippen LogP contribution < -0.4 is 9.47 Å². The number of pyridine rings is 1. The molecule has 0 aliphatic carbocycles. The first kappa shape index (κ1) is 32.2. The number of aromatic nitrogens is 3. The number of aliphatic hydroxyl groups is 1. The van der Waals surface area contributed by atoms with E-state index in [1.165, 1.54) is 31.4 Å². The molecule has 2 aromatic heterocycles. The molecular weight excluding hydrogens is 597 g/mol. The van der Waals surface area contributed by atoms with Gasteiger partial charge in [-0.2, -0.15) is 18.3 Å². The lowest BCUT2D eigenvalue weighted by Crippen LogP contribution is -2.44. The Bertz CT molecular complexity index is 1770. The molecule has 1 atom stereocenters. The molecule has 45 heavy (non-hydrogen) atoms. The van der Waals surface area contributed by atoms with Crippen molar-refractivity contribution in [2.75, 3.05) is 13.7 Å². The van der Waals surface area contributed by atoms with E-state index in [-0.39, 0.29) is 53.5 Å². The van der Waals surface area contributed by atoms with Crippen molar-refractivity contribution in [1.82, 2.24) is 15.2 Å². The van der Waals surface area contributed by atoms with Crippen molar-refractivity contribution in [3.63, 3.8) is 0 Å². The largest absolute Gasteiger partial charge is 0.494 e. The highest BCUT2D eigenvalue weighted by molar-refractivity contribution is 6.01. The molecule has 2 aromatic carbocycles. The number of nitrogens with zero attached hydrogens (tertiary/aromatic N) is 3. The topological polar surface area (TPSA) is 94.4 Å². The van der Waals surface area contributed by atoms with Crippen molar-refractivity contribution in [3.05, 3.63) is 76.6 Å². The number of ether oxygens (including phenoxy) is 2. The zero-order valence-electron chi connectivity index (χ0n) is 25.4. The van der Waals surface area contributed by atoms with Gasteiger partial charge in [-0.3, -0.25) is 4.79 Å². The zero-order chi connectivity index (χ0) is 32.9. The van der Waals surface area contributed by atoms with Gasteiger partial charge < -0.3 is 14.6 Å². The number of methoxy groups -OCH3 is 1. The van der Waals surface area contributed by atoms with Gasteiger partial charge in [0.05, 0.1) is 30.7 Å². The van der Waals surface area contributed by atoms with Crippen molar-refractivity contribution < 1.29 is 41.3 Å². The second kappa shape index (κ2) is 11.3. The number of benzene rings is 2. The Kier molecular flexibility index (Phi) is 8.10. The van der Waals surface area contributed by atoms with Crippen LogP contribution in [-0.4, -0.2) is 45.7 Å². The van der Waals surface area contributed by atoms with Crippen LogP contribution in [0.2, 0.25) is 0 Å². The van der Waals surface area contributed by atoms with Crippen LogP contribution in [0.15, 0.2) is 48.5 Å². The summed E-state index contributed by atoms with van der Waals surface area (Å²) in [5.74, 6) is -3.47. The third-order valence-corrected chi connectivity index (χ3v) is 8.18. The fourth-order valence-electron chi connectivity index (χ4n) is 5.50. The van der Waals surface area contributed by atoms with Crippen LogP contribution in [0.3, 0.4) is 0 Å². The van der Waals surface area contributed by atoms with Crippen LogP contribution in [-0.2, 0) is 17.2 Å². The monoisotopic (exact) mass is 629 g/mol. The van der Waals surface area contributed by atoms with Gasteiger partial charge in [-0.05, 0) is 56.2 Å². The summed E-state index contributed by atoms with van der Waals surface area (Å²) in [5.41, 5.74) is -2.58.